The zero-order valence-electron chi connectivity index (χ0n) is 28.1. The second-order valence-electron chi connectivity index (χ2n) is 13.4. The quantitative estimate of drug-likeness (QED) is 0.157. The molecule has 2 saturated carbocycles. The molecule has 2 fully saturated rings. The summed E-state index contributed by atoms with van der Waals surface area (Å²) < 4.78 is 24.7. The van der Waals surface area contributed by atoms with Crippen LogP contribution in [0.4, 0.5) is 0 Å². The van der Waals surface area contributed by atoms with E-state index in [9.17, 15) is 0 Å². The van der Waals surface area contributed by atoms with Crippen LogP contribution in [-0.4, -0.2) is 23.2 Å². The van der Waals surface area contributed by atoms with Crippen molar-refractivity contribution in [2.75, 3.05) is 13.2 Å². The van der Waals surface area contributed by atoms with Crippen LogP contribution in [0.15, 0.2) is 81.6 Å². The summed E-state index contributed by atoms with van der Waals surface area (Å²) in [5.74, 6) is 4.21. The summed E-state index contributed by atoms with van der Waals surface area (Å²) in [6, 6.07) is 25.3. The van der Waals surface area contributed by atoms with Crippen LogP contribution in [0.3, 0.4) is 0 Å². The average molecular weight is 641 g/mol. The summed E-state index contributed by atoms with van der Waals surface area (Å²) in [5, 5.41) is 0. The topological polar surface area (TPSA) is 70.5 Å². The van der Waals surface area contributed by atoms with Gasteiger partial charge in [-0.1, -0.05) is 62.8 Å². The highest BCUT2D eigenvalue weighted by molar-refractivity contribution is 5.81. The van der Waals surface area contributed by atoms with Crippen molar-refractivity contribution in [3.63, 3.8) is 0 Å². The van der Waals surface area contributed by atoms with Gasteiger partial charge >= 0.3 is 0 Å². The van der Waals surface area contributed by atoms with Gasteiger partial charge < -0.3 is 18.3 Å². The lowest BCUT2D eigenvalue weighted by Gasteiger charge is -2.24. The molecule has 0 N–H and O–H groups in total. The van der Waals surface area contributed by atoms with Crippen molar-refractivity contribution in [1.82, 2.24) is 9.97 Å². The number of benzene rings is 4. The number of nitrogens with zero attached hydrogens (tertiary/aromatic N) is 2. The molecule has 246 valence electrons. The molecule has 0 bridgehead atoms. The van der Waals surface area contributed by atoms with Crippen molar-refractivity contribution in [3.8, 4) is 45.5 Å². The van der Waals surface area contributed by atoms with Crippen LogP contribution in [0.2, 0.25) is 0 Å². The van der Waals surface area contributed by atoms with Gasteiger partial charge in [0.25, 0.3) is 0 Å². The van der Waals surface area contributed by atoms with Gasteiger partial charge in [0.05, 0.1) is 13.2 Å². The molecule has 2 heterocycles. The van der Waals surface area contributed by atoms with Crippen molar-refractivity contribution in [3.05, 3.63) is 83.9 Å². The number of ether oxygens (including phenoxy) is 2. The van der Waals surface area contributed by atoms with Crippen LogP contribution >= 0.6 is 0 Å². The van der Waals surface area contributed by atoms with E-state index in [1.165, 1.54) is 75.3 Å². The second kappa shape index (κ2) is 13.5. The van der Waals surface area contributed by atoms with Gasteiger partial charge in [-0.3, -0.25) is 0 Å². The molecule has 0 aliphatic heterocycles. The van der Waals surface area contributed by atoms with Gasteiger partial charge in [0.2, 0.25) is 11.8 Å². The fourth-order valence-corrected chi connectivity index (χ4v) is 7.83. The lowest BCUT2D eigenvalue weighted by atomic mass is 9.83. The number of hydrogen-bond donors (Lipinski definition) is 0. The highest BCUT2D eigenvalue weighted by Gasteiger charge is 2.23. The summed E-state index contributed by atoms with van der Waals surface area (Å²) in [6.45, 7) is 5.35. The maximum atomic E-state index is 6.26. The fourth-order valence-electron chi connectivity index (χ4n) is 7.83. The predicted octanol–water partition coefficient (Wildman–Crippen LogP) is 11.9. The Kier molecular flexibility index (Phi) is 8.64. The normalized spacial score (nSPS) is 16.1. The van der Waals surface area contributed by atoms with Gasteiger partial charge in [0.15, 0.2) is 11.2 Å². The van der Waals surface area contributed by atoms with Gasteiger partial charge in [-0.2, -0.15) is 0 Å². The van der Waals surface area contributed by atoms with Crippen LogP contribution in [0.25, 0.3) is 56.2 Å². The molecule has 2 aliphatic carbocycles. The highest BCUT2D eigenvalue weighted by atomic mass is 16.5. The maximum Gasteiger partial charge on any atom is 0.227 e. The molecule has 6 aromatic rings. The van der Waals surface area contributed by atoms with Gasteiger partial charge in [-0.25, -0.2) is 9.97 Å². The van der Waals surface area contributed by atoms with E-state index in [1.807, 2.05) is 26.0 Å². The Morgan fingerprint density at radius 2 is 0.896 bits per heavy atom. The van der Waals surface area contributed by atoms with Crippen LogP contribution in [0.5, 0.6) is 11.5 Å². The van der Waals surface area contributed by atoms with E-state index in [-0.39, 0.29) is 0 Å². The van der Waals surface area contributed by atoms with Gasteiger partial charge in [-0.05, 0) is 110 Å². The van der Waals surface area contributed by atoms with Gasteiger partial charge in [-0.15, -0.1) is 0 Å². The van der Waals surface area contributed by atoms with Crippen molar-refractivity contribution in [1.29, 1.82) is 0 Å². The molecule has 0 spiro atoms. The SMILES string of the molecule is CCOc1cc2oc(-c3ccc(-c4ccc(-c5nc6cc(C7CCCCC7)c(OCC)cc6o5)cc4)cc3)nc2cc1C1CCCCC1. The zero-order valence-corrected chi connectivity index (χ0v) is 28.1. The minimum Gasteiger partial charge on any atom is -0.493 e. The van der Waals surface area contributed by atoms with Crippen LogP contribution in [0, 0.1) is 0 Å². The Balaban J connectivity index is 1.02. The van der Waals surface area contributed by atoms with Crippen LogP contribution in [0.1, 0.15) is 101 Å². The van der Waals surface area contributed by atoms with Crippen LogP contribution < -0.4 is 9.47 Å². The number of rotatable bonds is 9. The predicted molar refractivity (Wildman–Crippen MR) is 192 cm³/mol. The molecule has 48 heavy (non-hydrogen) atoms. The molecule has 4 aromatic carbocycles. The van der Waals surface area contributed by atoms with E-state index in [1.54, 1.807) is 0 Å². The molecule has 0 amide bonds. The molecule has 2 aliphatic rings. The molecule has 0 radical (unpaired) electrons. The molecule has 6 heteroatoms. The largest absolute Gasteiger partial charge is 0.493 e. The third-order valence-electron chi connectivity index (χ3n) is 10.3. The van der Waals surface area contributed by atoms with E-state index in [0.717, 1.165) is 56.0 Å². The minimum absolute atomic E-state index is 0.533. The van der Waals surface area contributed by atoms with E-state index < -0.39 is 0 Å². The summed E-state index contributed by atoms with van der Waals surface area (Å²) in [7, 11) is 0. The van der Waals surface area contributed by atoms with E-state index in [4.69, 9.17) is 28.3 Å². The second-order valence-corrected chi connectivity index (χ2v) is 13.4. The van der Waals surface area contributed by atoms with Gasteiger partial charge in [0.1, 0.15) is 22.5 Å². The summed E-state index contributed by atoms with van der Waals surface area (Å²) in [6.07, 6.45) is 12.6. The Morgan fingerprint density at radius 1 is 0.521 bits per heavy atom. The van der Waals surface area contributed by atoms with Crippen LogP contribution in [-0.2, 0) is 0 Å². The zero-order chi connectivity index (χ0) is 32.5. The molecular weight excluding hydrogens is 596 g/mol. The molecule has 0 saturated heterocycles. The Hall–Kier alpha value is -4.58. The average Bonchev–Trinajstić information content (AvgIpc) is 3.76. The Bertz CT molecular complexity index is 1860. The number of aromatic nitrogens is 2. The molecule has 6 nitrogen and oxygen atoms in total. The van der Waals surface area contributed by atoms with E-state index in [0.29, 0.717) is 36.8 Å². The molecular formula is C42H44N2O4. The third-order valence-corrected chi connectivity index (χ3v) is 10.3. The number of hydrogen-bond acceptors (Lipinski definition) is 6. The first-order valence-corrected chi connectivity index (χ1v) is 18.0. The monoisotopic (exact) mass is 640 g/mol. The van der Waals surface area contributed by atoms with Crippen molar-refractivity contribution >= 4 is 22.2 Å². The fraction of sp³-hybridized carbons (Fsp3) is 0.381. The highest BCUT2D eigenvalue weighted by Crippen LogP contribution is 2.42. The standard InChI is InChI=1S/C42H44N2O4/c1-3-45-37-25-39-35(23-33(37)29-11-7-5-8-12-29)43-41(47-39)31-19-15-27(16-20-31)28-17-21-32(22-18-28)42-44-36-24-34(30-13-9-6-10-14-30)38(46-4-2)26-40(36)48-42/h15-26,29-30H,3-14H2,1-2H3. The Morgan fingerprint density at radius 3 is 1.27 bits per heavy atom. The molecule has 0 unspecified atom stereocenters. The van der Waals surface area contributed by atoms with Crippen molar-refractivity contribution in [2.45, 2.75) is 89.9 Å². The first kappa shape index (κ1) is 30.7. The summed E-state index contributed by atoms with van der Waals surface area (Å²) in [5.41, 5.74) is 10.0. The smallest absolute Gasteiger partial charge is 0.227 e. The first-order valence-electron chi connectivity index (χ1n) is 18.0. The summed E-state index contributed by atoms with van der Waals surface area (Å²) >= 11 is 0. The van der Waals surface area contributed by atoms with E-state index >= 15 is 0 Å². The minimum atomic E-state index is 0.533. The van der Waals surface area contributed by atoms with Gasteiger partial charge in [0, 0.05) is 23.3 Å². The third kappa shape index (κ3) is 6.09. The number of fused-ring (bicyclic) bond motifs is 2. The van der Waals surface area contributed by atoms with Crippen molar-refractivity contribution in [2.24, 2.45) is 0 Å². The summed E-state index contributed by atoms with van der Waals surface area (Å²) in [4.78, 5) is 9.81. The molecule has 2 aromatic heterocycles. The lowest BCUT2D eigenvalue weighted by Crippen LogP contribution is -2.07. The maximum absolute atomic E-state index is 6.26. The van der Waals surface area contributed by atoms with E-state index in [2.05, 4.69) is 60.7 Å². The molecule has 8 rings (SSSR count). The van der Waals surface area contributed by atoms with Crippen molar-refractivity contribution < 1.29 is 18.3 Å². The first-order chi connectivity index (χ1) is 23.7. The Labute approximate surface area is 282 Å². The lowest BCUT2D eigenvalue weighted by molar-refractivity contribution is 0.328. The molecule has 0 atom stereocenters. The number of oxazole rings is 2.